The summed E-state index contributed by atoms with van der Waals surface area (Å²) in [7, 11) is 1.68. The van der Waals surface area contributed by atoms with Crippen molar-refractivity contribution < 1.29 is 9.32 Å². The van der Waals surface area contributed by atoms with Crippen LogP contribution in [0.25, 0.3) is 20.7 Å². The number of hydrogen-bond acceptors (Lipinski definition) is 8. The van der Waals surface area contributed by atoms with Gasteiger partial charge in [-0.05, 0) is 25.3 Å². The monoisotopic (exact) mass is 432 g/mol. The number of carbonyl (C=O) groups is 1. The SMILES string of the molecule is Cc1cc(NC(=O)C(C)Sc2nc3scc(-c4cccs4)c3c(=O)n2C)no1. The fourth-order valence-corrected chi connectivity index (χ4v) is 5.31. The van der Waals surface area contributed by atoms with Crippen LogP contribution in [0.3, 0.4) is 0 Å². The second-order valence-electron chi connectivity index (χ2n) is 6.14. The Bertz CT molecular complexity index is 1210. The maximum atomic E-state index is 13.0. The van der Waals surface area contributed by atoms with Crippen molar-refractivity contribution in [1.29, 1.82) is 0 Å². The number of anilines is 1. The molecule has 0 radical (unpaired) electrons. The van der Waals surface area contributed by atoms with Crippen LogP contribution in [0, 0.1) is 6.92 Å². The Kier molecular flexibility index (Phi) is 5.09. The summed E-state index contributed by atoms with van der Waals surface area (Å²) in [5.41, 5.74) is 0.795. The summed E-state index contributed by atoms with van der Waals surface area (Å²) in [5.74, 6) is 0.744. The van der Waals surface area contributed by atoms with Crippen molar-refractivity contribution in [3.05, 3.63) is 45.1 Å². The molecule has 1 atom stereocenters. The second kappa shape index (κ2) is 7.53. The Hall–Kier alpha value is -2.43. The van der Waals surface area contributed by atoms with Gasteiger partial charge in [-0.25, -0.2) is 4.98 Å². The maximum Gasteiger partial charge on any atom is 0.263 e. The van der Waals surface area contributed by atoms with E-state index in [1.165, 1.54) is 27.7 Å². The number of nitrogens with zero attached hydrogens (tertiary/aromatic N) is 3. The van der Waals surface area contributed by atoms with E-state index in [0.717, 1.165) is 10.4 Å². The van der Waals surface area contributed by atoms with Crippen LogP contribution < -0.4 is 10.9 Å². The molecule has 0 fully saturated rings. The molecule has 10 heteroatoms. The molecule has 4 aromatic rings. The maximum absolute atomic E-state index is 13.0. The van der Waals surface area contributed by atoms with E-state index in [2.05, 4.69) is 15.5 Å². The molecule has 0 aliphatic carbocycles. The molecule has 1 amide bonds. The normalized spacial score (nSPS) is 12.4. The average molecular weight is 433 g/mol. The molecule has 0 bridgehead atoms. The molecule has 28 heavy (non-hydrogen) atoms. The zero-order valence-corrected chi connectivity index (χ0v) is 17.7. The Labute approximate surface area is 172 Å². The summed E-state index contributed by atoms with van der Waals surface area (Å²) in [4.78, 5) is 31.7. The summed E-state index contributed by atoms with van der Waals surface area (Å²) < 4.78 is 6.45. The highest BCUT2D eigenvalue weighted by Gasteiger charge is 2.21. The van der Waals surface area contributed by atoms with Gasteiger partial charge in [-0.2, -0.15) is 0 Å². The minimum absolute atomic E-state index is 0.114. The number of thiophene rings is 2. The lowest BCUT2D eigenvalue weighted by atomic mass is 10.2. The van der Waals surface area contributed by atoms with Gasteiger partial charge < -0.3 is 9.84 Å². The number of aryl methyl sites for hydroxylation is 1. The molecule has 144 valence electrons. The van der Waals surface area contributed by atoms with Gasteiger partial charge in [0.25, 0.3) is 5.56 Å². The zero-order valence-electron chi connectivity index (χ0n) is 15.3. The smallest absolute Gasteiger partial charge is 0.263 e. The number of fused-ring (bicyclic) bond motifs is 1. The first-order valence-electron chi connectivity index (χ1n) is 8.37. The van der Waals surface area contributed by atoms with E-state index in [-0.39, 0.29) is 11.5 Å². The van der Waals surface area contributed by atoms with Crippen molar-refractivity contribution >= 4 is 56.4 Å². The lowest BCUT2D eigenvalue weighted by molar-refractivity contribution is -0.115. The van der Waals surface area contributed by atoms with Gasteiger partial charge in [0.2, 0.25) is 5.91 Å². The minimum Gasteiger partial charge on any atom is -0.360 e. The average Bonchev–Trinajstić information content (AvgIpc) is 3.40. The van der Waals surface area contributed by atoms with E-state index in [4.69, 9.17) is 4.52 Å². The van der Waals surface area contributed by atoms with Gasteiger partial charge in [0, 0.05) is 28.9 Å². The van der Waals surface area contributed by atoms with Gasteiger partial charge >= 0.3 is 0 Å². The van der Waals surface area contributed by atoms with Crippen LogP contribution in [0.15, 0.2) is 43.4 Å². The van der Waals surface area contributed by atoms with Crippen LogP contribution in [0.5, 0.6) is 0 Å². The fraction of sp³-hybridized carbons (Fsp3) is 0.222. The quantitative estimate of drug-likeness (QED) is 0.377. The lowest BCUT2D eigenvalue weighted by Gasteiger charge is -2.12. The number of aromatic nitrogens is 3. The first kappa shape index (κ1) is 18.9. The molecule has 1 N–H and O–H groups in total. The predicted molar refractivity (Wildman–Crippen MR) is 113 cm³/mol. The molecular weight excluding hydrogens is 416 g/mol. The summed E-state index contributed by atoms with van der Waals surface area (Å²) in [6.07, 6.45) is 0. The van der Waals surface area contributed by atoms with Crippen LogP contribution in [0.1, 0.15) is 12.7 Å². The third kappa shape index (κ3) is 3.50. The molecule has 0 aliphatic heterocycles. The zero-order chi connectivity index (χ0) is 19.8. The molecule has 4 aromatic heterocycles. The van der Waals surface area contributed by atoms with Gasteiger partial charge in [0.05, 0.1) is 10.6 Å². The topological polar surface area (TPSA) is 90.0 Å². The van der Waals surface area contributed by atoms with Crippen molar-refractivity contribution in [2.75, 3.05) is 5.32 Å². The highest BCUT2D eigenvalue weighted by atomic mass is 32.2. The highest BCUT2D eigenvalue weighted by Crippen LogP contribution is 2.34. The Morgan fingerprint density at radius 2 is 2.21 bits per heavy atom. The highest BCUT2D eigenvalue weighted by molar-refractivity contribution is 8.00. The number of nitrogens with one attached hydrogen (secondary N) is 1. The van der Waals surface area contributed by atoms with Crippen molar-refractivity contribution in [1.82, 2.24) is 14.7 Å². The number of amides is 1. The number of hydrogen-bond donors (Lipinski definition) is 1. The van der Waals surface area contributed by atoms with E-state index in [1.807, 2.05) is 22.9 Å². The summed E-state index contributed by atoms with van der Waals surface area (Å²) >= 11 is 4.26. The van der Waals surface area contributed by atoms with Gasteiger partial charge in [-0.1, -0.05) is 23.0 Å². The van der Waals surface area contributed by atoms with Crippen LogP contribution >= 0.6 is 34.4 Å². The van der Waals surface area contributed by atoms with Crippen molar-refractivity contribution in [3.63, 3.8) is 0 Å². The van der Waals surface area contributed by atoms with E-state index >= 15 is 0 Å². The molecule has 4 rings (SSSR count). The molecular formula is C18H16N4O3S3. The van der Waals surface area contributed by atoms with Gasteiger partial charge in [-0.3, -0.25) is 14.2 Å². The number of rotatable bonds is 5. The van der Waals surface area contributed by atoms with Crippen LogP contribution in [-0.4, -0.2) is 25.9 Å². The Morgan fingerprint density at radius 1 is 1.39 bits per heavy atom. The fourth-order valence-electron chi connectivity index (χ4n) is 2.64. The summed E-state index contributed by atoms with van der Waals surface area (Å²) in [5, 5.41) is 11.1. The number of thioether (sulfide) groups is 1. The van der Waals surface area contributed by atoms with Crippen molar-refractivity contribution in [2.24, 2.45) is 7.05 Å². The predicted octanol–water partition coefficient (Wildman–Crippen LogP) is 4.14. The third-order valence-corrected chi connectivity index (χ3v) is 7.01. The first-order chi connectivity index (χ1) is 13.4. The molecule has 1 unspecified atom stereocenters. The van der Waals surface area contributed by atoms with Gasteiger partial charge in [0.15, 0.2) is 11.0 Å². The molecule has 0 aromatic carbocycles. The van der Waals surface area contributed by atoms with Gasteiger partial charge in [0.1, 0.15) is 10.6 Å². The largest absolute Gasteiger partial charge is 0.360 e. The van der Waals surface area contributed by atoms with Gasteiger partial charge in [-0.15, -0.1) is 22.7 Å². The summed E-state index contributed by atoms with van der Waals surface area (Å²) in [6, 6.07) is 5.60. The van der Waals surface area contributed by atoms with E-state index in [1.54, 1.807) is 38.3 Å². The Morgan fingerprint density at radius 3 is 2.89 bits per heavy atom. The lowest BCUT2D eigenvalue weighted by Crippen LogP contribution is -2.25. The number of carbonyl (C=O) groups excluding carboxylic acids is 1. The molecule has 4 heterocycles. The van der Waals surface area contributed by atoms with Crippen molar-refractivity contribution in [2.45, 2.75) is 24.3 Å². The molecule has 0 spiro atoms. The standard InChI is InChI=1S/C18H16N4O3S3/c1-9-7-13(21-25-9)19-15(23)10(2)28-18-20-16-14(17(24)22(18)3)11(8-27-16)12-5-4-6-26-12/h4-8,10H,1-3H3,(H,19,21,23). The molecule has 0 saturated carbocycles. The van der Waals surface area contributed by atoms with E-state index in [0.29, 0.717) is 27.0 Å². The molecule has 0 aliphatic rings. The molecule has 7 nitrogen and oxygen atoms in total. The van der Waals surface area contributed by atoms with Crippen molar-refractivity contribution in [3.8, 4) is 10.4 Å². The first-order valence-corrected chi connectivity index (χ1v) is 11.0. The minimum atomic E-state index is -0.468. The summed E-state index contributed by atoms with van der Waals surface area (Å²) in [6.45, 7) is 3.51. The van der Waals surface area contributed by atoms with E-state index in [9.17, 15) is 9.59 Å². The third-order valence-electron chi connectivity index (χ3n) is 4.09. The van der Waals surface area contributed by atoms with Crippen LogP contribution in [0.4, 0.5) is 5.82 Å². The van der Waals surface area contributed by atoms with Crippen LogP contribution in [-0.2, 0) is 11.8 Å². The molecule has 0 saturated heterocycles. The van der Waals surface area contributed by atoms with E-state index < -0.39 is 5.25 Å². The second-order valence-corrected chi connectivity index (χ2v) is 9.25. The van der Waals surface area contributed by atoms with Crippen LogP contribution in [0.2, 0.25) is 0 Å². The Balaban J connectivity index is 1.61.